The van der Waals surface area contributed by atoms with Crippen LogP contribution >= 0.6 is 11.8 Å². The van der Waals surface area contributed by atoms with Gasteiger partial charge in [-0.3, -0.25) is 9.59 Å². The van der Waals surface area contributed by atoms with E-state index in [0.717, 1.165) is 57.1 Å². The molecule has 2 fully saturated rings. The van der Waals surface area contributed by atoms with E-state index in [4.69, 9.17) is 20.9 Å². The number of benzene rings is 1. The number of fused-ring (bicyclic) bond motifs is 1. The summed E-state index contributed by atoms with van der Waals surface area (Å²) in [4.78, 5) is 44.2. The molecule has 13 heteroatoms. The van der Waals surface area contributed by atoms with Crippen molar-refractivity contribution in [2.24, 2.45) is 11.5 Å². The Morgan fingerprint density at radius 2 is 1.88 bits per heavy atom. The number of ether oxygens (including phenoxy) is 2. The summed E-state index contributed by atoms with van der Waals surface area (Å²) in [7, 11) is 1.88. The monoisotopic (exact) mass is 594 g/mol. The summed E-state index contributed by atoms with van der Waals surface area (Å²) >= 11 is 1.79. The van der Waals surface area contributed by atoms with Gasteiger partial charge in [0.15, 0.2) is 0 Å². The molecule has 0 spiro atoms. The first-order chi connectivity index (χ1) is 19.8. The van der Waals surface area contributed by atoms with Crippen molar-refractivity contribution in [1.29, 1.82) is 0 Å². The van der Waals surface area contributed by atoms with E-state index in [0.29, 0.717) is 55.8 Å². The van der Waals surface area contributed by atoms with Gasteiger partial charge in [-0.1, -0.05) is 12.8 Å². The Bertz CT molecular complexity index is 953. The van der Waals surface area contributed by atoms with Crippen LogP contribution in [0.25, 0.3) is 0 Å². The van der Waals surface area contributed by atoms with E-state index in [1.165, 1.54) is 0 Å². The highest BCUT2D eigenvalue weighted by atomic mass is 32.2. The Kier molecular flexibility index (Phi) is 16.2. The van der Waals surface area contributed by atoms with Crippen LogP contribution in [-0.2, 0) is 14.3 Å². The molecule has 41 heavy (non-hydrogen) atoms. The fourth-order valence-corrected chi connectivity index (χ4v) is 6.00. The van der Waals surface area contributed by atoms with Gasteiger partial charge in [0.2, 0.25) is 11.8 Å². The second-order valence-electron chi connectivity index (χ2n) is 10.0. The normalized spacial score (nSPS) is 20.7. The average Bonchev–Trinajstić information content (AvgIpc) is 3.42. The SMILES string of the molecule is CNCCOCCOc1ccc(C(N)=O)cc1.N[C@]12CS[C@@H](CCCCC(=O)NCCCCCC=O)[C@H]1NC(=O)N2. The minimum absolute atomic E-state index is 0.0183. The van der Waals surface area contributed by atoms with Gasteiger partial charge in [-0.2, -0.15) is 11.8 Å². The Hall–Kier alpha value is -2.87. The maximum Gasteiger partial charge on any atom is 0.316 e. The number of rotatable bonds is 19. The summed E-state index contributed by atoms with van der Waals surface area (Å²) in [6.07, 6.45) is 7.62. The van der Waals surface area contributed by atoms with Gasteiger partial charge in [-0.25, -0.2) is 4.79 Å². The lowest BCUT2D eigenvalue weighted by Crippen LogP contribution is -2.58. The van der Waals surface area contributed by atoms with Crippen LogP contribution in [0.15, 0.2) is 24.3 Å². The summed E-state index contributed by atoms with van der Waals surface area (Å²) in [5.41, 5.74) is 11.2. The predicted octanol–water partition coefficient (Wildman–Crippen LogP) is 1.27. The van der Waals surface area contributed by atoms with E-state index in [-0.39, 0.29) is 18.0 Å². The lowest BCUT2D eigenvalue weighted by atomic mass is 9.98. The standard InChI is InChI=1S/C16H28N4O3S.C12H18N2O3/c17-16-11-24-12(14(16)19-15(23)20-16)7-3-4-8-13(22)18-9-5-1-2-6-10-21;1-14-6-7-16-8-9-17-11-4-2-10(3-5-11)12(13)15/h10,12,14H,1-9,11,17H2,(H,18,22)(H2,19,20,23);2-5,14H,6-9H2,1H3,(H2,13,15)/t12-,14+,16-;/m0./s1. The Morgan fingerprint density at radius 1 is 1.10 bits per heavy atom. The molecule has 12 nitrogen and oxygen atoms in total. The van der Waals surface area contributed by atoms with Gasteiger partial charge >= 0.3 is 6.03 Å². The number of hydrogen-bond donors (Lipinski definition) is 6. The molecule has 1 aromatic carbocycles. The lowest BCUT2D eigenvalue weighted by Gasteiger charge is -2.23. The van der Waals surface area contributed by atoms with Crippen LogP contribution in [0.2, 0.25) is 0 Å². The Balaban J connectivity index is 0.000000305. The van der Waals surface area contributed by atoms with Crippen molar-refractivity contribution in [3.63, 3.8) is 0 Å². The minimum Gasteiger partial charge on any atom is -0.491 e. The molecule has 0 bridgehead atoms. The molecule has 2 heterocycles. The van der Waals surface area contributed by atoms with Crippen LogP contribution in [0, 0.1) is 0 Å². The van der Waals surface area contributed by atoms with Crippen molar-refractivity contribution in [1.82, 2.24) is 21.3 Å². The van der Waals surface area contributed by atoms with Crippen LogP contribution in [-0.4, -0.2) is 86.8 Å². The number of carbonyl (C=O) groups is 4. The molecule has 2 aliphatic rings. The molecule has 3 rings (SSSR count). The molecule has 4 amide bonds. The molecule has 3 atom stereocenters. The molecular formula is C28H46N6O6S. The van der Waals surface area contributed by atoms with Crippen molar-refractivity contribution in [3.05, 3.63) is 29.8 Å². The summed E-state index contributed by atoms with van der Waals surface area (Å²) in [6, 6.07) is 6.51. The number of nitrogens with two attached hydrogens (primary N) is 2. The first-order valence-electron chi connectivity index (χ1n) is 14.2. The third kappa shape index (κ3) is 13.1. The zero-order chi connectivity index (χ0) is 29.9. The Labute approximate surface area is 246 Å². The van der Waals surface area contributed by atoms with E-state index >= 15 is 0 Å². The quantitative estimate of drug-likeness (QED) is 0.0779. The highest BCUT2D eigenvalue weighted by molar-refractivity contribution is 8.00. The van der Waals surface area contributed by atoms with Gasteiger partial charge in [0.05, 0.1) is 19.3 Å². The summed E-state index contributed by atoms with van der Waals surface area (Å²) in [5.74, 6) is 1.08. The van der Waals surface area contributed by atoms with Crippen molar-refractivity contribution >= 4 is 35.9 Å². The molecule has 0 unspecified atom stereocenters. The summed E-state index contributed by atoms with van der Waals surface area (Å²) in [5, 5.41) is 11.9. The molecule has 1 aromatic rings. The summed E-state index contributed by atoms with van der Waals surface area (Å²) in [6.45, 7) is 3.21. The zero-order valence-corrected chi connectivity index (χ0v) is 24.8. The zero-order valence-electron chi connectivity index (χ0n) is 24.0. The van der Waals surface area contributed by atoms with Gasteiger partial charge in [0.25, 0.3) is 0 Å². The maximum atomic E-state index is 11.7. The number of primary amides is 1. The highest BCUT2D eigenvalue weighted by Gasteiger charge is 2.52. The van der Waals surface area contributed by atoms with E-state index in [2.05, 4.69) is 21.3 Å². The topological polar surface area (TPSA) is 187 Å². The number of likely N-dealkylation sites (N-methyl/N-ethyl adjacent to an activating group) is 1. The second kappa shape index (κ2) is 19.3. The van der Waals surface area contributed by atoms with Gasteiger partial charge in [-0.15, -0.1) is 0 Å². The smallest absolute Gasteiger partial charge is 0.316 e. The van der Waals surface area contributed by atoms with Gasteiger partial charge in [0.1, 0.15) is 24.3 Å². The van der Waals surface area contributed by atoms with Crippen molar-refractivity contribution in [2.75, 3.05) is 45.7 Å². The van der Waals surface area contributed by atoms with Gasteiger partial charge < -0.3 is 47.0 Å². The molecule has 0 aliphatic carbocycles. The Morgan fingerprint density at radius 3 is 2.59 bits per heavy atom. The van der Waals surface area contributed by atoms with Gasteiger partial charge in [0, 0.05) is 42.5 Å². The molecular weight excluding hydrogens is 548 g/mol. The van der Waals surface area contributed by atoms with Crippen LogP contribution < -0.4 is 37.5 Å². The van der Waals surface area contributed by atoms with E-state index < -0.39 is 11.6 Å². The molecule has 0 radical (unpaired) electrons. The van der Waals surface area contributed by atoms with E-state index in [1.807, 2.05) is 7.05 Å². The van der Waals surface area contributed by atoms with Crippen LogP contribution in [0.1, 0.15) is 61.7 Å². The van der Waals surface area contributed by atoms with E-state index in [1.54, 1.807) is 36.0 Å². The molecule has 0 saturated carbocycles. The number of amides is 4. The number of carbonyl (C=O) groups excluding carboxylic acids is 4. The molecule has 0 aromatic heterocycles. The highest BCUT2D eigenvalue weighted by Crippen LogP contribution is 2.37. The van der Waals surface area contributed by atoms with E-state index in [9.17, 15) is 19.2 Å². The first-order valence-corrected chi connectivity index (χ1v) is 15.3. The number of nitrogens with one attached hydrogen (secondary N) is 4. The third-order valence-corrected chi connectivity index (χ3v) is 8.27. The van der Waals surface area contributed by atoms with Crippen LogP contribution in [0.4, 0.5) is 4.79 Å². The lowest BCUT2D eigenvalue weighted by molar-refractivity contribution is -0.121. The van der Waals surface area contributed by atoms with Gasteiger partial charge in [-0.05, 0) is 57.0 Å². The number of urea groups is 1. The summed E-state index contributed by atoms with van der Waals surface area (Å²) < 4.78 is 10.7. The number of thioether (sulfide) groups is 1. The largest absolute Gasteiger partial charge is 0.491 e. The molecule has 2 aliphatic heterocycles. The number of aldehydes is 1. The van der Waals surface area contributed by atoms with Crippen molar-refractivity contribution < 1.29 is 28.7 Å². The predicted molar refractivity (Wildman–Crippen MR) is 160 cm³/mol. The maximum absolute atomic E-state index is 11.7. The average molecular weight is 595 g/mol. The second-order valence-corrected chi connectivity index (χ2v) is 11.3. The number of hydrogen-bond acceptors (Lipinski definition) is 9. The molecule has 230 valence electrons. The third-order valence-electron chi connectivity index (χ3n) is 6.69. The number of unbranched alkanes of at least 4 members (excludes halogenated alkanes) is 4. The molecule has 8 N–H and O–H groups in total. The van der Waals surface area contributed by atoms with Crippen molar-refractivity contribution in [3.8, 4) is 5.75 Å². The molecule has 2 saturated heterocycles. The fourth-order valence-electron chi connectivity index (χ4n) is 4.42. The van der Waals surface area contributed by atoms with Crippen LogP contribution in [0.3, 0.4) is 0 Å². The van der Waals surface area contributed by atoms with Crippen molar-refractivity contribution in [2.45, 2.75) is 68.3 Å². The van der Waals surface area contributed by atoms with Crippen LogP contribution in [0.5, 0.6) is 5.75 Å². The fraction of sp³-hybridized carbons (Fsp3) is 0.643. The minimum atomic E-state index is -0.617. The first kappa shape index (κ1) is 34.3.